The van der Waals surface area contributed by atoms with E-state index in [0.717, 1.165) is 18.6 Å². The van der Waals surface area contributed by atoms with Crippen LogP contribution in [0.25, 0.3) is 0 Å². The lowest BCUT2D eigenvalue weighted by Gasteiger charge is -2.34. The van der Waals surface area contributed by atoms with Crippen molar-refractivity contribution in [2.24, 2.45) is 0 Å². The Morgan fingerprint density at radius 1 is 1.35 bits per heavy atom. The van der Waals surface area contributed by atoms with Gasteiger partial charge in [0.1, 0.15) is 0 Å². The first-order chi connectivity index (χ1) is 12.3. The summed E-state index contributed by atoms with van der Waals surface area (Å²) in [7, 11) is 0. The number of nitrogens with one attached hydrogen (secondary N) is 2. The summed E-state index contributed by atoms with van der Waals surface area (Å²) < 4.78 is 43.9. The Balaban J connectivity index is 1.52. The molecule has 2 saturated heterocycles. The minimum absolute atomic E-state index is 0.00562. The van der Waals surface area contributed by atoms with Gasteiger partial charge in [-0.05, 0) is 31.0 Å². The molecule has 0 aliphatic carbocycles. The largest absolute Gasteiger partial charge is 0.416 e. The predicted molar refractivity (Wildman–Crippen MR) is 88.8 cm³/mol. The molecule has 0 bridgehead atoms. The van der Waals surface area contributed by atoms with Crippen molar-refractivity contribution >= 4 is 11.7 Å². The topological polar surface area (TPSA) is 73.8 Å². The van der Waals surface area contributed by atoms with E-state index >= 15 is 0 Å². The van der Waals surface area contributed by atoms with E-state index in [1.807, 2.05) is 0 Å². The number of urea groups is 1. The van der Waals surface area contributed by atoms with E-state index in [4.69, 9.17) is 9.84 Å². The number of fused-ring (bicyclic) bond motifs is 1. The van der Waals surface area contributed by atoms with Gasteiger partial charge in [-0.15, -0.1) is 0 Å². The third-order valence-electron chi connectivity index (χ3n) is 4.72. The number of anilines is 1. The fourth-order valence-corrected chi connectivity index (χ4v) is 3.49. The lowest BCUT2D eigenvalue weighted by molar-refractivity contribution is -0.137. The molecule has 2 amide bonds. The minimum Gasteiger partial charge on any atom is -0.396 e. The monoisotopic (exact) mass is 373 g/mol. The van der Waals surface area contributed by atoms with Gasteiger partial charge in [0.15, 0.2) is 0 Å². The number of nitrogens with zero attached hydrogens (tertiary/aromatic N) is 1. The fourth-order valence-electron chi connectivity index (χ4n) is 3.49. The molecule has 2 aliphatic rings. The summed E-state index contributed by atoms with van der Waals surface area (Å²) in [6.07, 6.45) is -3.15. The van der Waals surface area contributed by atoms with E-state index in [9.17, 15) is 18.0 Å². The quantitative estimate of drug-likeness (QED) is 0.755. The lowest BCUT2D eigenvalue weighted by atomic mass is 10.1. The number of morpholine rings is 1. The zero-order valence-corrected chi connectivity index (χ0v) is 14.1. The molecule has 26 heavy (non-hydrogen) atoms. The fraction of sp³-hybridized carbons (Fsp3) is 0.588. The van der Waals surface area contributed by atoms with Crippen LogP contribution in [0.3, 0.4) is 0 Å². The van der Waals surface area contributed by atoms with E-state index in [1.165, 1.54) is 12.1 Å². The summed E-state index contributed by atoms with van der Waals surface area (Å²) >= 11 is 0. The van der Waals surface area contributed by atoms with Gasteiger partial charge in [-0.1, -0.05) is 6.07 Å². The summed E-state index contributed by atoms with van der Waals surface area (Å²) in [4.78, 5) is 14.3. The molecular formula is C17H22F3N3O3. The molecule has 0 spiro atoms. The van der Waals surface area contributed by atoms with Gasteiger partial charge in [0.2, 0.25) is 0 Å². The number of aliphatic hydroxyl groups is 1. The molecule has 2 aliphatic heterocycles. The Bertz CT molecular complexity index is 641. The van der Waals surface area contributed by atoms with Crippen LogP contribution in [-0.2, 0) is 10.9 Å². The molecule has 3 N–H and O–H groups in total. The Morgan fingerprint density at radius 3 is 2.88 bits per heavy atom. The smallest absolute Gasteiger partial charge is 0.396 e. The highest BCUT2D eigenvalue weighted by atomic mass is 19.4. The van der Waals surface area contributed by atoms with E-state index in [-0.39, 0.29) is 30.5 Å². The number of amides is 2. The molecule has 9 heteroatoms. The molecule has 6 nitrogen and oxygen atoms in total. The van der Waals surface area contributed by atoms with Crippen LogP contribution in [0.1, 0.15) is 18.4 Å². The normalized spacial score (nSPS) is 26.4. The molecule has 0 radical (unpaired) electrons. The van der Waals surface area contributed by atoms with Crippen LogP contribution in [0.5, 0.6) is 0 Å². The van der Waals surface area contributed by atoms with Crippen LogP contribution in [0.4, 0.5) is 23.7 Å². The maximum atomic E-state index is 12.7. The number of benzene rings is 1. The molecule has 0 saturated carbocycles. The molecule has 3 atom stereocenters. The van der Waals surface area contributed by atoms with Gasteiger partial charge in [0.25, 0.3) is 0 Å². The van der Waals surface area contributed by atoms with Gasteiger partial charge in [-0.25, -0.2) is 4.79 Å². The van der Waals surface area contributed by atoms with Gasteiger partial charge in [0.05, 0.1) is 18.3 Å². The van der Waals surface area contributed by atoms with Gasteiger partial charge in [-0.3, -0.25) is 4.90 Å². The van der Waals surface area contributed by atoms with E-state index in [0.29, 0.717) is 26.1 Å². The summed E-state index contributed by atoms with van der Waals surface area (Å²) in [5.41, 5.74) is -0.709. The first kappa shape index (κ1) is 18.9. The third-order valence-corrected chi connectivity index (χ3v) is 4.72. The van der Waals surface area contributed by atoms with Gasteiger partial charge in [0, 0.05) is 37.5 Å². The van der Waals surface area contributed by atoms with Crippen molar-refractivity contribution in [3.8, 4) is 0 Å². The van der Waals surface area contributed by atoms with E-state index < -0.39 is 17.8 Å². The van der Waals surface area contributed by atoms with Crippen molar-refractivity contribution in [3.05, 3.63) is 29.8 Å². The second-order valence-electron chi connectivity index (χ2n) is 6.69. The van der Waals surface area contributed by atoms with E-state index in [1.54, 1.807) is 0 Å². The lowest BCUT2D eigenvalue weighted by Crippen LogP contribution is -2.46. The number of carbonyl (C=O) groups is 1. The number of halogens is 3. The van der Waals surface area contributed by atoms with E-state index in [2.05, 4.69) is 15.5 Å². The van der Waals surface area contributed by atoms with Crippen molar-refractivity contribution in [2.75, 3.05) is 31.6 Å². The zero-order chi connectivity index (χ0) is 18.7. The van der Waals surface area contributed by atoms with Crippen molar-refractivity contribution in [1.29, 1.82) is 0 Å². The highest BCUT2D eigenvalue weighted by Crippen LogP contribution is 2.30. The molecule has 0 unspecified atom stereocenters. The second-order valence-corrected chi connectivity index (χ2v) is 6.69. The van der Waals surface area contributed by atoms with Gasteiger partial charge in [-0.2, -0.15) is 13.2 Å². The van der Waals surface area contributed by atoms with Crippen LogP contribution < -0.4 is 10.6 Å². The number of ether oxygens (including phenoxy) is 1. The number of carbonyl (C=O) groups excluding carboxylic acids is 1. The van der Waals surface area contributed by atoms with Gasteiger partial charge < -0.3 is 20.5 Å². The summed E-state index contributed by atoms with van der Waals surface area (Å²) in [6, 6.07) is 4.13. The molecular weight excluding hydrogens is 351 g/mol. The number of aliphatic hydroxyl groups excluding tert-OH is 1. The van der Waals surface area contributed by atoms with Crippen molar-refractivity contribution in [2.45, 2.75) is 37.2 Å². The molecule has 144 valence electrons. The average molecular weight is 373 g/mol. The number of hydrogen-bond donors (Lipinski definition) is 3. The standard InChI is InChI=1S/C17H22F3N3O3/c18-17(19,20)11-2-1-3-12(6-11)21-16(25)22-13-7-14-10-26-15(4-5-24)9-23(14)8-13/h1-3,6,13-15,24H,4-5,7-10H2,(H2,21,22,25)/t13-,14-,15-/m0/s1. The highest BCUT2D eigenvalue weighted by molar-refractivity contribution is 5.89. The summed E-state index contributed by atoms with van der Waals surface area (Å²) in [5.74, 6) is 0. The van der Waals surface area contributed by atoms with Crippen LogP contribution in [0.15, 0.2) is 24.3 Å². The third kappa shape index (κ3) is 4.66. The Labute approximate surface area is 149 Å². The molecule has 0 aromatic heterocycles. The van der Waals surface area contributed by atoms with Crippen LogP contribution in [0, 0.1) is 0 Å². The van der Waals surface area contributed by atoms with Crippen LogP contribution >= 0.6 is 0 Å². The highest BCUT2D eigenvalue weighted by Gasteiger charge is 2.37. The van der Waals surface area contributed by atoms with Crippen LogP contribution in [-0.4, -0.2) is 60.5 Å². The summed E-state index contributed by atoms with van der Waals surface area (Å²) in [6.45, 7) is 1.99. The average Bonchev–Trinajstić information content (AvgIpc) is 2.96. The van der Waals surface area contributed by atoms with Crippen molar-refractivity contribution < 1.29 is 27.8 Å². The van der Waals surface area contributed by atoms with Crippen molar-refractivity contribution in [3.63, 3.8) is 0 Å². The molecule has 1 aromatic rings. The van der Waals surface area contributed by atoms with Gasteiger partial charge >= 0.3 is 12.2 Å². The summed E-state index contributed by atoms with van der Waals surface area (Å²) in [5, 5.41) is 14.3. The first-order valence-electron chi connectivity index (χ1n) is 8.56. The number of hydrogen-bond acceptors (Lipinski definition) is 4. The maximum Gasteiger partial charge on any atom is 0.416 e. The number of rotatable bonds is 4. The Kier molecular flexibility index (Phi) is 5.69. The molecule has 3 rings (SSSR count). The molecule has 2 fully saturated rings. The molecule has 1 aromatic carbocycles. The first-order valence-corrected chi connectivity index (χ1v) is 8.56. The second kappa shape index (κ2) is 7.81. The zero-order valence-electron chi connectivity index (χ0n) is 14.1. The van der Waals surface area contributed by atoms with Crippen molar-refractivity contribution in [1.82, 2.24) is 10.2 Å². The Morgan fingerprint density at radius 2 is 2.15 bits per heavy atom. The minimum atomic E-state index is -4.45. The SMILES string of the molecule is O=C(Nc1cccc(C(F)(F)F)c1)N[C@H]1C[C@H]2CO[C@@H](CCO)CN2C1. The molecule has 2 heterocycles. The number of alkyl halides is 3. The van der Waals surface area contributed by atoms with Crippen LogP contribution in [0.2, 0.25) is 0 Å². The predicted octanol–water partition coefficient (Wildman–Crippen LogP) is 2.05. The Hall–Kier alpha value is -1.84. The maximum absolute atomic E-state index is 12.7.